The molecule has 0 spiro atoms. The molecule has 6 nitrogen and oxygen atoms in total. The molecule has 0 amide bonds. The second-order valence-electron chi connectivity index (χ2n) is 8.86. The highest BCUT2D eigenvalue weighted by atomic mass is 19.1. The lowest BCUT2D eigenvalue weighted by Crippen LogP contribution is -2.45. The van der Waals surface area contributed by atoms with Gasteiger partial charge in [-0.3, -0.25) is 4.79 Å². The summed E-state index contributed by atoms with van der Waals surface area (Å²) in [4.78, 5) is 30.9. The van der Waals surface area contributed by atoms with E-state index in [0.717, 1.165) is 35.8 Å². The van der Waals surface area contributed by atoms with Gasteiger partial charge in [0.15, 0.2) is 5.60 Å². The number of aliphatic hydroxyl groups is 1. The minimum absolute atomic E-state index is 0.0725. The average molecular weight is 436 g/mol. The number of benzene rings is 1. The third-order valence-corrected chi connectivity index (χ3v) is 7.14. The number of aldehydes is 1. The standard InChI is InChI=1S/C25H25FN2O4/c1-4-25(31)18(14(11-29)12-32-24(25)30)8-21-23-17(10-28(21)3)16-7-5-6-15-13(2)19(26)9-20(27-23)22(15)16/h8-9,11,31H,4-7,10,12H2,1-3H3/b21-8-/t25-/m0/s1. The number of fused-ring (bicyclic) bond motifs is 2. The maximum absolute atomic E-state index is 14.6. The lowest BCUT2D eigenvalue weighted by molar-refractivity contribution is -0.162. The van der Waals surface area contributed by atoms with E-state index in [1.807, 2.05) is 18.9 Å². The number of hydrogen-bond acceptors (Lipinski definition) is 6. The van der Waals surface area contributed by atoms with Crippen LogP contribution in [0.5, 0.6) is 0 Å². The normalized spacial score (nSPS) is 23.7. The molecule has 0 bridgehead atoms. The van der Waals surface area contributed by atoms with Crippen molar-refractivity contribution >= 4 is 28.9 Å². The largest absolute Gasteiger partial charge is 0.458 e. The predicted molar refractivity (Wildman–Crippen MR) is 117 cm³/mol. The summed E-state index contributed by atoms with van der Waals surface area (Å²) in [6, 6.07) is 1.50. The molecule has 1 aliphatic carbocycles. The van der Waals surface area contributed by atoms with Gasteiger partial charge >= 0.3 is 5.97 Å². The Hall–Kier alpha value is -3.06. The first kappa shape index (κ1) is 20.8. The summed E-state index contributed by atoms with van der Waals surface area (Å²) in [6.07, 6.45) is 5.06. The summed E-state index contributed by atoms with van der Waals surface area (Å²) in [5.74, 6) is -1.02. The van der Waals surface area contributed by atoms with Gasteiger partial charge in [-0.1, -0.05) is 6.92 Å². The highest BCUT2D eigenvalue weighted by Crippen LogP contribution is 2.42. The van der Waals surface area contributed by atoms with E-state index in [4.69, 9.17) is 9.72 Å². The maximum atomic E-state index is 14.6. The smallest absolute Gasteiger partial charge is 0.343 e. The molecule has 7 heteroatoms. The van der Waals surface area contributed by atoms with Crippen LogP contribution in [-0.2, 0) is 33.7 Å². The third kappa shape index (κ3) is 2.77. The highest BCUT2D eigenvalue weighted by molar-refractivity contribution is 5.94. The van der Waals surface area contributed by atoms with Gasteiger partial charge in [0.05, 0.1) is 16.9 Å². The van der Waals surface area contributed by atoms with Crippen molar-refractivity contribution in [3.8, 4) is 0 Å². The number of aromatic nitrogens is 1. The molecule has 1 atom stereocenters. The van der Waals surface area contributed by atoms with E-state index in [2.05, 4.69) is 0 Å². The summed E-state index contributed by atoms with van der Waals surface area (Å²) in [7, 11) is 1.91. The SMILES string of the molecule is CC[C@@]1(O)C(=O)OCC(C=O)=C1/C=C1/c2nc3cc(F)c(C)c4c3c(c2CN1C)CCC4. The molecular formula is C25H25FN2O4. The highest BCUT2D eigenvalue weighted by Gasteiger charge is 2.44. The van der Waals surface area contributed by atoms with Crippen LogP contribution in [0.25, 0.3) is 16.6 Å². The molecular weight excluding hydrogens is 411 g/mol. The average Bonchev–Trinajstić information content (AvgIpc) is 3.10. The van der Waals surface area contributed by atoms with E-state index in [1.54, 1.807) is 13.0 Å². The quantitative estimate of drug-likeness (QED) is 0.588. The van der Waals surface area contributed by atoms with Crippen molar-refractivity contribution in [1.82, 2.24) is 9.88 Å². The Balaban J connectivity index is 1.77. The third-order valence-electron chi connectivity index (χ3n) is 7.14. The van der Waals surface area contributed by atoms with E-state index in [9.17, 15) is 19.1 Å². The molecule has 166 valence electrons. The van der Waals surface area contributed by atoms with Crippen LogP contribution in [0.1, 0.15) is 47.7 Å². The Labute approximate surface area is 185 Å². The van der Waals surface area contributed by atoms with Crippen LogP contribution in [0.15, 0.2) is 23.3 Å². The molecule has 0 fully saturated rings. The van der Waals surface area contributed by atoms with Crippen molar-refractivity contribution in [2.24, 2.45) is 0 Å². The van der Waals surface area contributed by atoms with Crippen molar-refractivity contribution in [3.63, 3.8) is 0 Å². The van der Waals surface area contributed by atoms with Crippen molar-refractivity contribution in [2.45, 2.75) is 51.7 Å². The first-order chi connectivity index (χ1) is 15.3. The van der Waals surface area contributed by atoms with Crippen molar-refractivity contribution in [3.05, 3.63) is 57.1 Å². The van der Waals surface area contributed by atoms with Gasteiger partial charge in [-0.2, -0.15) is 0 Å². The van der Waals surface area contributed by atoms with Gasteiger partial charge < -0.3 is 14.7 Å². The predicted octanol–water partition coefficient (Wildman–Crippen LogP) is 3.15. The van der Waals surface area contributed by atoms with Gasteiger partial charge in [-0.25, -0.2) is 14.2 Å². The minimum Gasteiger partial charge on any atom is -0.458 e. The summed E-state index contributed by atoms with van der Waals surface area (Å²) >= 11 is 0. The summed E-state index contributed by atoms with van der Waals surface area (Å²) in [6.45, 7) is 3.94. The monoisotopic (exact) mass is 436 g/mol. The second-order valence-corrected chi connectivity index (χ2v) is 8.86. The van der Waals surface area contributed by atoms with Crippen LogP contribution in [0.3, 0.4) is 0 Å². The van der Waals surface area contributed by atoms with Crippen LogP contribution in [0, 0.1) is 12.7 Å². The molecule has 3 heterocycles. The number of halogens is 1. The summed E-state index contributed by atoms with van der Waals surface area (Å²) < 4.78 is 19.7. The van der Waals surface area contributed by atoms with Crippen LogP contribution < -0.4 is 0 Å². The minimum atomic E-state index is -1.90. The molecule has 3 aliphatic rings. The van der Waals surface area contributed by atoms with Gasteiger partial charge in [0.2, 0.25) is 0 Å². The molecule has 2 aliphatic heterocycles. The van der Waals surface area contributed by atoms with Gasteiger partial charge in [-0.15, -0.1) is 0 Å². The molecule has 5 rings (SSSR count). The fourth-order valence-electron chi connectivity index (χ4n) is 5.28. The molecule has 1 aromatic carbocycles. The molecule has 32 heavy (non-hydrogen) atoms. The second kappa shape index (κ2) is 7.24. The Kier molecular flexibility index (Phi) is 4.71. The van der Waals surface area contributed by atoms with Crippen molar-refractivity contribution in [1.29, 1.82) is 0 Å². The van der Waals surface area contributed by atoms with E-state index in [0.29, 0.717) is 35.3 Å². The number of pyridine rings is 1. The number of nitrogens with zero attached hydrogens (tertiary/aromatic N) is 2. The van der Waals surface area contributed by atoms with Gasteiger partial charge in [0.1, 0.15) is 18.7 Å². The number of ether oxygens (including phenoxy) is 1. The van der Waals surface area contributed by atoms with Crippen LogP contribution >= 0.6 is 0 Å². The zero-order valence-corrected chi connectivity index (χ0v) is 18.4. The Morgan fingerprint density at radius 3 is 2.78 bits per heavy atom. The van der Waals surface area contributed by atoms with Crippen molar-refractivity contribution < 1.29 is 23.8 Å². The van der Waals surface area contributed by atoms with Crippen LogP contribution in [0.4, 0.5) is 4.39 Å². The zero-order chi connectivity index (χ0) is 22.8. The fourth-order valence-corrected chi connectivity index (χ4v) is 5.28. The number of esters is 1. The molecule has 0 saturated carbocycles. The summed E-state index contributed by atoms with van der Waals surface area (Å²) in [5, 5.41) is 12.1. The fraction of sp³-hybridized carbons (Fsp3) is 0.400. The van der Waals surface area contributed by atoms with Gasteiger partial charge in [0, 0.05) is 41.8 Å². The van der Waals surface area contributed by atoms with E-state index in [1.165, 1.54) is 11.6 Å². The number of carbonyl (C=O) groups is 2. The molecule has 1 N–H and O–H groups in total. The van der Waals surface area contributed by atoms with E-state index < -0.39 is 11.6 Å². The van der Waals surface area contributed by atoms with E-state index in [-0.39, 0.29) is 30.0 Å². The Bertz CT molecular complexity index is 1260. The first-order valence-corrected chi connectivity index (χ1v) is 10.9. The number of cyclic esters (lactones) is 1. The Morgan fingerprint density at radius 2 is 2.06 bits per heavy atom. The number of aryl methyl sites for hydroxylation is 2. The topological polar surface area (TPSA) is 79.7 Å². The Morgan fingerprint density at radius 1 is 1.31 bits per heavy atom. The maximum Gasteiger partial charge on any atom is 0.343 e. The van der Waals surface area contributed by atoms with Crippen molar-refractivity contribution in [2.75, 3.05) is 13.7 Å². The summed E-state index contributed by atoms with van der Waals surface area (Å²) in [5.41, 5.74) is 4.62. The first-order valence-electron chi connectivity index (χ1n) is 10.9. The number of rotatable bonds is 3. The number of carbonyl (C=O) groups excluding carboxylic acids is 2. The molecule has 1 aromatic heterocycles. The van der Waals surface area contributed by atoms with Crippen LogP contribution in [0.2, 0.25) is 0 Å². The molecule has 0 radical (unpaired) electrons. The van der Waals surface area contributed by atoms with Crippen LogP contribution in [-0.4, -0.2) is 46.5 Å². The zero-order valence-electron chi connectivity index (χ0n) is 18.4. The van der Waals surface area contributed by atoms with Gasteiger partial charge in [0.25, 0.3) is 0 Å². The molecule has 0 saturated heterocycles. The lowest BCUT2D eigenvalue weighted by atomic mass is 9.84. The van der Waals surface area contributed by atoms with E-state index >= 15 is 0 Å². The molecule has 2 aromatic rings. The number of hydrogen-bond donors (Lipinski definition) is 1. The molecule has 0 unspecified atom stereocenters. The van der Waals surface area contributed by atoms with Gasteiger partial charge in [-0.05, 0) is 55.4 Å². The lowest BCUT2D eigenvalue weighted by Gasteiger charge is -2.32.